The van der Waals surface area contributed by atoms with E-state index in [4.69, 9.17) is 9.47 Å². The van der Waals surface area contributed by atoms with Gasteiger partial charge in [-0.1, -0.05) is 6.92 Å². The Morgan fingerprint density at radius 2 is 1.89 bits per heavy atom. The number of fused-ring (bicyclic) bond motifs is 3. The van der Waals surface area contributed by atoms with Gasteiger partial charge in [0.05, 0.1) is 37.2 Å². The summed E-state index contributed by atoms with van der Waals surface area (Å²) in [5.74, 6) is 0.381. The van der Waals surface area contributed by atoms with E-state index in [-0.39, 0.29) is 17.8 Å². The minimum absolute atomic E-state index is 0.219. The van der Waals surface area contributed by atoms with E-state index in [1.54, 1.807) is 36.3 Å². The molecular formula is C22H21FN2O3. The molecule has 6 heteroatoms. The molecule has 144 valence electrons. The lowest BCUT2D eigenvalue weighted by Gasteiger charge is -2.38. The molecule has 0 N–H and O–H groups in total. The molecule has 28 heavy (non-hydrogen) atoms. The Labute approximate surface area is 162 Å². The smallest absolute Gasteiger partial charge is 0.262 e. The molecule has 0 saturated carbocycles. The number of halogens is 1. The van der Waals surface area contributed by atoms with Gasteiger partial charge in [-0.05, 0) is 48.9 Å². The third kappa shape index (κ3) is 2.72. The van der Waals surface area contributed by atoms with Gasteiger partial charge in [0.2, 0.25) is 0 Å². The van der Waals surface area contributed by atoms with Gasteiger partial charge in [0.15, 0.2) is 0 Å². The van der Waals surface area contributed by atoms with Crippen LogP contribution < -0.4 is 14.4 Å². The van der Waals surface area contributed by atoms with Crippen molar-refractivity contribution in [1.29, 1.82) is 0 Å². The average Bonchev–Trinajstić information content (AvgIpc) is 3.21. The van der Waals surface area contributed by atoms with E-state index >= 15 is 0 Å². The van der Waals surface area contributed by atoms with Crippen LogP contribution in [0.1, 0.15) is 35.4 Å². The Balaban J connectivity index is 1.89. The van der Waals surface area contributed by atoms with Crippen LogP contribution in [0.15, 0.2) is 54.7 Å². The molecule has 2 aromatic carbocycles. The predicted molar refractivity (Wildman–Crippen MR) is 105 cm³/mol. The van der Waals surface area contributed by atoms with E-state index in [1.165, 1.54) is 19.2 Å². The molecule has 0 bridgehead atoms. The summed E-state index contributed by atoms with van der Waals surface area (Å²) in [4.78, 5) is 15.3. The van der Waals surface area contributed by atoms with E-state index < -0.39 is 0 Å². The molecule has 0 aliphatic carbocycles. The number of nitrogens with zero attached hydrogens (tertiary/aromatic N) is 2. The third-order valence-corrected chi connectivity index (χ3v) is 5.13. The number of carbonyl (C=O) groups is 1. The van der Waals surface area contributed by atoms with Crippen LogP contribution in [0.25, 0.3) is 5.69 Å². The maximum Gasteiger partial charge on any atom is 0.262 e. The molecule has 1 amide bonds. The first kappa shape index (κ1) is 18.1. The molecule has 1 aromatic heterocycles. The highest BCUT2D eigenvalue weighted by atomic mass is 19.1. The number of methoxy groups -OCH3 is 2. The molecule has 0 saturated heterocycles. The quantitative estimate of drug-likeness (QED) is 0.656. The maximum atomic E-state index is 14.1. The molecule has 2 heterocycles. The number of anilines is 1. The van der Waals surface area contributed by atoms with Crippen LogP contribution in [0.3, 0.4) is 0 Å². The summed E-state index contributed by atoms with van der Waals surface area (Å²) in [6.07, 6.45) is 2.62. The van der Waals surface area contributed by atoms with Crippen molar-refractivity contribution in [3.05, 3.63) is 71.8 Å². The zero-order chi connectivity index (χ0) is 19.8. The topological polar surface area (TPSA) is 43.7 Å². The first-order chi connectivity index (χ1) is 13.6. The van der Waals surface area contributed by atoms with Crippen molar-refractivity contribution in [1.82, 2.24) is 4.57 Å². The normalized spacial score (nSPS) is 15.0. The van der Waals surface area contributed by atoms with E-state index in [0.29, 0.717) is 29.2 Å². The fourth-order valence-electron chi connectivity index (χ4n) is 3.83. The fourth-order valence-corrected chi connectivity index (χ4v) is 3.83. The molecule has 5 nitrogen and oxygen atoms in total. The highest BCUT2D eigenvalue weighted by Gasteiger charge is 2.35. The standard InChI is InChI=1S/C22H21FN2O3/c1-4-17-18-6-5-11-24(18)19-10-7-14(23)12-20(19)25(17)22(26)16-9-8-15(27-2)13-21(16)28-3/h5-13,17H,4H2,1-3H3. The number of aromatic nitrogens is 1. The lowest BCUT2D eigenvalue weighted by Crippen LogP contribution is -2.39. The molecule has 0 fully saturated rings. The molecule has 4 rings (SSSR count). The van der Waals surface area contributed by atoms with Crippen LogP contribution >= 0.6 is 0 Å². The summed E-state index contributed by atoms with van der Waals surface area (Å²) in [6, 6.07) is 13.3. The summed E-state index contributed by atoms with van der Waals surface area (Å²) >= 11 is 0. The molecule has 1 aliphatic rings. The maximum absolute atomic E-state index is 14.1. The number of ether oxygens (including phenoxy) is 2. The van der Waals surface area contributed by atoms with Crippen LogP contribution in [0.4, 0.5) is 10.1 Å². The monoisotopic (exact) mass is 380 g/mol. The summed E-state index contributed by atoms with van der Waals surface area (Å²) in [7, 11) is 3.07. The van der Waals surface area contributed by atoms with Crippen LogP contribution in [0.5, 0.6) is 11.5 Å². The summed E-state index contributed by atoms with van der Waals surface area (Å²) < 4.78 is 26.8. The van der Waals surface area contributed by atoms with Gasteiger partial charge in [0.25, 0.3) is 5.91 Å². The highest BCUT2D eigenvalue weighted by molar-refractivity contribution is 6.09. The SMILES string of the molecule is CCC1c2cccn2-c2ccc(F)cc2N1C(=O)c1ccc(OC)cc1OC. The number of hydrogen-bond acceptors (Lipinski definition) is 3. The summed E-state index contributed by atoms with van der Waals surface area (Å²) in [6.45, 7) is 2.01. The third-order valence-electron chi connectivity index (χ3n) is 5.13. The number of rotatable bonds is 4. The Hall–Kier alpha value is -3.28. The first-order valence-electron chi connectivity index (χ1n) is 9.11. The lowest BCUT2D eigenvalue weighted by molar-refractivity contribution is 0.0970. The molecule has 1 aliphatic heterocycles. The van der Waals surface area contributed by atoms with E-state index in [2.05, 4.69) is 0 Å². The molecule has 1 unspecified atom stereocenters. The summed E-state index contributed by atoms with van der Waals surface area (Å²) in [5.41, 5.74) is 2.70. The second-order valence-electron chi connectivity index (χ2n) is 6.60. The van der Waals surface area contributed by atoms with Gasteiger partial charge in [0.1, 0.15) is 17.3 Å². The number of hydrogen-bond donors (Lipinski definition) is 0. The Morgan fingerprint density at radius 3 is 2.61 bits per heavy atom. The first-order valence-corrected chi connectivity index (χ1v) is 9.11. The van der Waals surface area contributed by atoms with Gasteiger partial charge in [-0.2, -0.15) is 0 Å². The van der Waals surface area contributed by atoms with Crippen molar-refractivity contribution < 1.29 is 18.7 Å². The zero-order valence-corrected chi connectivity index (χ0v) is 16.0. The van der Waals surface area contributed by atoms with Crippen LogP contribution in [0, 0.1) is 5.82 Å². The van der Waals surface area contributed by atoms with Gasteiger partial charge in [-0.25, -0.2) is 4.39 Å². The molecular weight excluding hydrogens is 359 g/mol. The number of amides is 1. The minimum Gasteiger partial charge on any atom is -0.497 e. The zero-order valence-electron chi connectivity index (χ0n) is 16.0. The lowest BCUT2D eigenvalue weighted by atomic mass is 10.0. The number of benzene rings is 2. The van der Waals surface area contributed by atoms with Crippen molar-refractivity contribution >= 4 is 11.6 Å². The van der Waals surface area contributed by atoms with Crippen LogP contribution in [0.2, 0.25) is 0 Å². The Bertz CT molecular complexity index is 1040. The van der Waals surface area contributed by atoms with Crippen molar-refractivity contribution in [3.63, 3.8) is 0 Å². The van der Waals surface area contributed by atoms with Crippen LogP contribution in [-0.2, 0) is 0 Å². The fraction of sp³-hybridized carbons (Fsp3) is 0.227. The van der Waals surface area contributed by atoms with E-state index in [9.17, 15) is 9.18 Å². The number of carbonyl (C=O) groups excluding carboxylic acids is 1. The van der Waals surface area contributed by atoms with Gasteiger partial charge in [0, 0.05) is 18.0 Å². The Morgan fingerprint density at radius 1 is 1.07 bits per heavy atom. The average molecular weight is 380 g/mol. The van der Waals surface area contributed by atoms with Gasteiger partial charge >= 0.3 is 0 Å². The van der Waals surface area contributed by atoms with Gasteiger partial charge in [-0.3, -0.25) is 9.69 Å². The van der Waals surface area contributed by atoms with E-state index in [1.807, 2.05) is 29.8 Å². The predicted octanol–water partition coefficient (Wildman–Crippen LogP) is 4.75. The van der Waals surface area contributed by atoms with E-state index in [0.717, 1.165) is 11.4 Å². The second kappa shape index (κ2) is 7.03. The van der Waals surface area contributed by atoms with Crippen molar-refractivity contribution in [2.75, 3.05) is 19.1 Å². The second-order valence-corrected chi connectivity index (χ2v) is 6.60. The minimum atomic E-state index is -0.385. The highest BCUT2D eigenvalue weighted by Crippen LogP contribution is 2.42. The molecule has 1 atom stereocenters. The molecule has 3 aromatic rings. The molecule has 0 spiro atoms. The largest absolute Gasteiger partial charge is 0.497 e. The van der Waals surface area contributed by atoms with Gasteiger partial charge in [-0.15, -0.1) is 0 Å². The van der Waals surface area contributed by atoms with Gasteiger partial charge < -0.3 is 14.0 Å². The molecule has 0 radical (unpaired) electrons. The van der Waals surface area contributed by atoms with Crippen LogP contribution in [-0.4, -0.2) is 24.7 Å². The Kier molecular flexibility index (Phi) is 4.55. The van der Waals surface area contributed by atoms with Crippen molar-refractivity contribution in [2.45, 2.75) is 19.4 Å². The summed E-state index contributed by atoms with van der Waals surface area (Å²) in [5, 5.41) is 0. The van der Waals surface area contributed by atoms with Crippen molar-refractivity contribution in [2.24, 2.45) is 0 Å². The van der Waals surface area contributed by atoms with Crippen molar-refractivity contribution in [3.8, 4) is 17.2 Å².